The van der Waals surface area contributed by atoms with Gasteiger partial charge in [-0.3, -0.25) is 0 Å². The number of benzene rings is 6. The lowest BCUT2D eigenvalue weighted by atomic mass is 9.87. The van der Waals surface area contributed by atoms with Crippen molar-refractivity contribution in [3.8, 4) is 57.3 Å². The van der Waals surface area contributed by atoms with Crippen LogP contribution in [-0.4, -0.2) is 4.57 Å². The summed E-state index contributed by atoms with van der Waals surface area (Å²) >= 11 is 0. The highest BCUT2D eigenvalue weighted by atomic mass is 15.1. The molecule has 0 bridgehead atoms. The second kappa shape index (κ2) is 12.3. The Morgan fingerprint density at radius 1 is 0.596 bits per heavy atom. The van der Waals surface area contributed by atoms with E-state index in [4.69, 9.17) is 0 Å². The number of allylic oxidation sites excluding steroid dienone is 1. The topological polar surface area (TPSA) is 79.5 Å². The van der Waals surface area contributed by atoms with Gasteiger partial charge in [-0.15, -0.1) is 0 Å². The average Bonchev–Trinajstić information content (AvgIpc) is 3.52. The van der Waals surface area contributed by atoms with E-state index in [0.717, 1.165) is 73.6 Å². The number of para-hydroxylation sites is 3. The molecule has 1 atom stereocenters. The summed E-state index contributed by atoms with van der Waals surface area (Å²) in [5, 5.41) is 30.9. The van der Waals surface area contributed by atoms with Gasteiger partial charge >= 0.3 is 0 Å². The van der Waals surface area contributed by atoms with Crippen LogP contribution in [0.25, 0.3) is 56.0 Å². The van der Waals surface area contributed by atoms with Crippen LogP contribution in [0.3, 0.4) is 0 Å². The molecule has 6 aromatic carbocycles. The smallest absolute Gasteiger partial charge is 0.0992 e. The van der Waals surface area contributed by atoms with Crippen LogP contribution in [0.2, 0.25) is 0 Å². The highest BCUT2D eigenvalue weighted by molar-refractivity contribution is 5.94. The lowest BCUT2D eigenvalue weighted by Crippen LogP contribution is -2.21. The predicted molar refractivity (Wildman–Crippen MR) is 208 cm³/mol. The van der Waals surface area contributed by atoms with Crippen molar-refractivity contribution in [1.29, 1.82) is 15.8 Å². The van der Waals surface area contributed by atoms with Gasteiger partial charge in [-0.1, -0.05) is 79.7 Å². The van der Waals surface area contributed by atoms with Crippen molar-refractivity contribution >= 4 is 28.4 Å². The molecule has 9 rings (SSSR count). The van der Waals surface area contributed by atoms with Gasteiger partial charge in [-0.25, -0.2) is 0 Å². The van der Waals surface area contributed by atoms with Crippen LogP contribution in [0.4, 0.5) is 11.4 Å². The Labute approximate surface area is 302 Å². The number of rotatable bonds is 4. The third-order valence-corrected chi connectivity index (χ3v) is 10.6. The molecule has 2 aliphatic rings. The molecule has 0 saturated heterocycles. The Morgan fingerprint density at radius 2 is 1.31 bits per heavy atom. The summed E-state index contributed by atoms with van der Waals surface area (Å²) < 4.78 is 2.28. The van der Waals surface area contributed by atoms with Crippen LogP contribution >= 0.6 is 0 Å². The largest absolute Gasteiger partial charge is 0.336 e. The number of fused-ring (bicyclic) bond motifs is 6. The maximum Gasteiger partial charge on any atom is 0.0992 e. The standard InChI is InChI=1S/C47H31N5/c1-30-20-43-41-10-4-7-13-46(41)52(47(43)25-37(30)28-50)45-12-6-2-8-39(45)36-22-32(27-49)21-35(24-36)33-16-18-38(19-17-33)51-29-34-15-14-31(26-48)23-42(34)40-9-3-5-11-44(40)51/h2-19,21-25,30H,20,29H2,1H3. The van der Waals surface area contributed by atoms with Crippen molar-refractivity contribution in [2.75, 3.05) is 4.90 Å². The summed E-state index contributed by atoms with van der Waals surface area (Å²) in [6, 6.07) is 52.9. The van der Waals surface area contributed by atoms with E-state index in [1.165, 1.54) is 16.5 Å². The fraction of sp³-hybridized carbons (Fsp3) is 0.0851. The Hall–Kier alpha value is -7.13. The van der Waals surface area contributed by atoms with Crippen LogP contribution < -0.4 is 4.90 Å². The van der Waals surface area contributed by atoms with Crippen molar-refractivity contribution in [1.82, 2.24) is 4.57 Å². The number of nitriles is 3. The first-order valence-electron chi connectivity index (χ1n) is 17.4. The number of aromatic nitrogens is 1. The highest BCUT2D eigenvalue weighted by Gasteiger charge is 2.27. The molecule has 0 radical (unpaired) electrons. The monoisotopic (exact) mass is 665 g/mol. The maximum atomic E-state index is 10.2. The SMILES string of the molecule is CC1Cc2c(n(-c3ccccc3-c3cc(C#N)cc(-c4ccc(N5Cc6ccc(C#N)cc6-c6ccccc65)cc4)c3)c3ccccc23)C=C1C#N. The number of hydrogen-bond donors (Lipinski definition) is 0. The number of hydrogen-bond acceptors (Lipinski definition) is 4. The Kier molecular flexibility index (Phi) is 7.32. The predicted octanol–water partition coefficient (Wildman–Crippen LogP) is 11.1. The molecule has 7 aromatic rings. The van der Waals surface area contributed by atoms with Gasteiger partial charge < -0.3 is 9.47 Å². The molecule has 1 unspecified atom stereocenters. The molecule has 0 saturated carbocycles. The molecule has 5 nitrogen and oxygen atoms in total. The van der Waals surface area contributed by atoms with Crippen LogP contribution in [-0.2, 0) is 13.0 Å². The summed E-state index contributed by atoms with van der Waals surface area (Å²) in [5.41, 5.74) is 16.0. The van der Waals surface area contributed by atoms with Gasteiger partial charge in [-0.05, 0) is 112 Å². The molecule has 5 heteroatoms. The Balaban J connectivity index is 1.13. The summed E-state index contributed by atoms with van der Waals surface area (Å²) in [6.07, 6.45) is 2.87. The maximum absolute atomic E-state index is 10.2. The second-order valence-electron chi connectivity index (χ2n) is 13.6. The van der Waals surface area contributed by atoms with Gasteiger partial charge in [0.25, 0.3) is 0 Å². The van der Waals surface area contributed by atoms with E-state index in [9.17, 15) is 15.8 Å². The summed E-state index contributed by atoms with van der Waals surface area (Å²) in [4.78, 5) is 2.32. The summed E-state index contributed by atoms with van der Waals surface area (Å²) in [5.74, 6) is 0.159. The Bertz CT molecular complexity index is 2740. The van der Waals surface area contributed by atoms with Crippen molar-refractivity contribution < 1.29 is 0 Å². The van der Waals surface area contributed by atoms with Gasteiger partial charge in [-0.2, -0.15) is 15.8 Å². The molecule has 52 heavy (non-hydrogen) atoms. The van der Waals surface area contributed by atoms with Crippen LogP contribution in [0, 0.1) is 39.9 Å². The Morgan fingerprint density at radius 3 is 2.10 bits per heavy atom. The molecule has 1 aliphatic carbocycles. The van der Waals surface area contributed by atoms with E-state index in [2.05, 4.69) is 132 Å². The van der Waals surface area contributed by atoms with Crippen molar-refractivity contribution in [3.05, 3.63) is 167 Å². The molecular formula is C47H31N5. The fourth-order valence-electron chi connectivity index (χ4n) is 8.02. The fourth-order valence-corrected chi connectivity index (χ4v) is 8.02. The minimum Gasteiger partial charge on any atom is -0.336 e. The zero-order valence-corrected chi connectivity index (χ0v) is 28.5. The second-order valence-corrected chi connectivity index (χ2v) is 13.6. The number of nitrogens with zero attached hydrogens (tertiary/aromatic N) is 5. The van der Waals surface area contributed by atoms with Crippen molar-refractivity contribution in [3.63, 3.8) is 0 Å². The van der Waals surface area contributed by atoms with Crippen molar-refractivity contribution in [2.45, 2.75) is 19.9 Å². The van der Waals surface area contributed by atoms with Crippen LogP contribution in [0.5, 0.6) is 0 Å². The lowest BCUT2D eigenvalue weighted by molar-refractivity contribution is 0.691. The van der Waals surface area contributed by atoms with E-state index >= 15 is 0 Å². The third kappa shape index (κ3) is 4.98. The van der Waals surface area contributed by atoms with E-state index in [-0.39, 0.29) is 5.92 Å². The minimum absolute atomic E-state index is 0.159. The molecule has 1 aromatic heterocycles. The molecule has 0 spiro atoms. The van der Waals surface area contributed by atoms with E-state index < -0.39 is 0 Å². The first kappa shape index (κ1) is 30.9. The summed E-state index contributed by atoms with van der Waals surface area (Å²) in [7, 11) is 0. The van der Waals surface area contributed by atoms with Crippen LogP contribution in [0.15, 0.2) is 139 Å². The molecular weight excluding hydrogens is 635 g/mol. The number of anilines is 2. The first-order chi connectivity index (χ1) is 25.5. The van der Waals surface area contributed by atoms with E-state index in [1.54, 1.807) is 0 Å². The molecule has 244 valence electrons. The zero-order valence-electron chi connectivity index (χ0n) is 28.5. The van der Waals surface area contributed by atoms with Gasteiger partial charge in [0.15, 0.2) is 0 Å². The van der Waals surface area contributed by atoms with Gasteiger partial charge in [0.2, 0.25) is 0 Å². The average molecular weight is 666 g/mol. The van der Waals surface area contributed by atoms with E-state index in [1.807, 2.05) is 42.5 Å². The molecule has 1 aliphatic heterocycles. The van der Waals surface area contributed by atoms with Gasteiger partial charge in [0, 0.05) is 40.0 Å². The lowest BCUT2D eigenvalue weighted by Gasteiger charge is -2.33. The zero-order chi connectivity index (χ0) is 35.3. The van der Waals surface area contributed by atoms with Crippen molar-refractivity contribution in [2.24, 2.45) is 5.92 Å². The minimum atomic E-state index is 0.159. The van der Waals surface area contributed by atoms with E-state index in [0.29, 0.717) is 17.7 Å². The highest BCUT2D eigenvalue weighted by Crippen LogP contribution is 2.44. The normalized spacial score (nSPS) is 14.3. The first-order valence-corrected chi connectivity index (χ1v) is 17.4. The third-order valence-electron chi connectivity index (χ3n) is 10.6. The summed E-state index contributed by atoms with van der Waals surface area (Å²) in [6.45, 7) is 2.82. The van der Waals surface area contributed by atoms with Crippen LogP contribution in [0.1, 0.15) is 34.9 Å². The molecule has 2 heterocycles. The molecule has 0 N–H and O–H groups in total. The molecule has 0 amide bonds. The van der Waals surface area contributed by atoms with Gasteiger partial charge in [0.1, 0.15) is 0 Å². The quantitative estimate of drug-likeness (QED) is 0.187. The van der Waals surface area contributed by atoms with Gasteiger partial charge in [0.05, 0.1) is 46.2 Å². The molecule has 0 fully saturated rings.